The Kier molecular flexibility index (Phi) is 3.58. The Labute approximate surface area is 157 Å². The molecule has 0 atom stereocenters. The Morgan fingerprint density at radius 1 is 0.821 bits per heavy atom. The van der Waals surface area contributed by atoms with Crippen LogP contribution in [0.2, 0.25) is 0 Å². The second-order valence-corrected chi connectivity index (χ2v) is 6.46. The van der Waals surface area contributed by atoms with Crippen molar-refractivity contribution in [1.29, 1.82) is 0 Å². The van der Waals surface area contributed by atoms with E-state index >= 15 is 0 Å². The van der Waals surface area contributed by atoms with Crippen molar-refractivity contribution in [3.8, 4) is 5.88 Å². The van der Waals surface area contributed by atoms with Gasteiger partial charge in [-0.15, -0.1) is 0 Å². The quantitative estimate of drug-likeness (QED) is 0.551. The third-order valence-electron chi connectivity index (χ3n) is 4.65. The van der Waals surface area contributed by atoms with E-state index in [9.17, 15) is 13.9 Å². The van der Waals surface area contributed by atoms with Crippen molar-refractivity contribution in [3.05, 3.63) is 106 Å². The fraction of sp³-hybridized carbons (Fsp3) is 0. The summed E-state index contributed by atoms with van der Waals surface area (Å²) in [4.78, 5) is 12.0. The molecular formula is C22H13F2N3O. The smallest absolute Gasteiger partial charge is 0.197 e. The van der Waals surface area contributed by atoms with Gasteiger partial charge in [-0.1, -0.05) is 30.3 Å². The number of hydrogen-bond acceptors (Lipinski definition) is 3. The fourth-order valence-electron chi connectivity index (χ4n) is 3.48. The maximum Gasteiger partial charge on any atom is 0.197 e. The molecule has 0 fully saturated rings. The second kappa shape index (κ2) is 6.13. The largest absolute Gasteiger partial charge is 0.494 e. The van der Waals surface area contributed by atoms with E-state index in [0.29, 0.717) is 32.8 Å². The molecule has 5 rings (SSSR count). The van der Waals surface area contributed by atoms with E-state index in [1.165, 1.54) is 12.1 Å². The Morgan fingerprint density at radius 2 is 1.43 bits per heavy atom. The van der Waals surface area contributed by atoms with Crippen molar-refractivity contribution in [2.75, 3.05) is 0 Å². The van der Waals surface area contributed by atoms with Crippen LogP contribution in [0.4, 0.5) is 8.78 Å². The summed E-state index contributed by atoms with van der Waals surface area (Å²) in [5.74, 6) is -1.27. The zero-order chi connectivity index (χ0) is 19.3. The van der Waals surface area contributed by atoms with E-state index in [2.05, 4.69) is 15.0 Å². The maximum atomic E-state index is 14.0. The summed E-state index contributed by atoms with van der Waals surface area (Å²) in [6.45, 7) is 0. The zero-order valence-corrected chi connectivity index (χ0v) is 14.4. The number of H-pyrrole nitrogens is 1. The number of nitrogens with zero attached hydrogens (tertiary/aromatic N) is 2. The predicted octanol–water partition coefficient (Wildman–Crippen LogP) is 3.82. The lowest BCUT2D eigenvalue weighted by molar-refractivity contribution is 0.457. The van der Waals surface area contributed by atoms with Gasteiger partial charge in [-0.2, -0.15) is 0 Å². The highest BCUT2D eigenvalue weighted by Gasteiger charge is 2.22. The number of benzene rings is 3. The van der Waals surface area contributed by atoms with Gasteiger partial charge in [0.25, 0.3) is 0 Å². The van der Waals surface area contributed by atoms with Gasteiger partial charge in [0.2, 0.25) is 0 Å². The predicted molar refractivity (Wildman–Crippen MR) is 101 cm³/mol. The van der Waals surface area contributed by atoms with Crippen molar-refractivity contribution in [2.24, 2.45) is 9.98 Å². The lowest BCUT2D eigenvalue weighted by atomic mass is 9.96. The monoisotopic (exact) mass is 373 g/mol. The molecule has 0 amide bonds. The standard InChI is InChI=1S/C22H13F2N3O/c23-13-9-12(10-14(24)11-13)19(21-25-17-7-3-4-8-18(17)26-21)20-15-5-1-2-6-16(15)27-22(20)28/h1-11,27-28H. The molecule has 28 heavy (non-hydrogen) atoms. The van der Waals surface area contributed by atoms with Gasteiger partial charge < -0.3 is 10.1 Å². The number of para-hydroxylation sites is 3. The molecule has 2 N–H and O–H groups in total. The summed E-state index contributed by atoms with van der Waals surface area (Å²) in [6, 6.07) is 17.8. The molecule has 0 unspecified atom stereocenters. The Balaban J connectivity index is 1.91. The fourth-order valence-corrected chi connectivity index (χ4v) is 3.48. The van der Waals surface area contributed by atoms with Gasteiger partial charge in [-0.25, -0.2) is 18.8 Å². The Hall–Kier alpha value is -3.80. The third kappa shape index (κ3) is 2.58. The van der Waals surface area contributed by atoms with E-state index in [-0.39, 0.29) is 17.3 Å². The number of aromatic amines is 1. The molecule has 0 radical (unpaired) electrons. The van der Waals surface area contributed by atoms with Crippen LogP contribution >= 0.6 is 0 Å². The average molecular weight is 373 g/mol. The first-order valence-corrected chi connectivity index (χ1v) is 8.63. The molecule has 1 aliphatic heterocycles. The van der Waals surface area contributed by atoms with Crippen molar-refractivity contribution >= 4 is 16.5 Å². The van der Waals surface area contributed by atoms with Gasteiger partial charge in [-0.05, 0) is 35.9 Å². The van der Waals surface area contributed by atoms with Crippen LogP contribution in [0.5, 0.6) is 5.88 Å². The van der Waals surface area contributed by atoms with E-state index in [0.717, 1.165) is 6.07 Å². The third-order valence-corrected chi connectivity index (χ3v) is 4.65. The Bertz CT molecular complexity index is 1350. The maximum absolute atomic E-state index is 14.0. The number of aromatic hydroxyl groups is 1. The second-order valence-electron chi connectivity index (χ2n) is 6.46. The highest BCUT2D eigenvalue weighted by molar-refractivity contribution is 6.00. The molecular weight excluding hydrogens is 360 g/mol. The number of fused-ring (bicyclic) bond motifs is 2. The van der Waals surface area contributed by atoms with Gasteiger partial charge in [0.05, 0.1) is 16.3 Å². The van der Waals surface area contributed by atoms with Gasteiger partial charge >= 0.3 is 0 Å². The minimum Gasteiger partial charge on any atom is -0.494 e. The van der Waals surface area contributed by atoms with Crippen molar-refractivity contribution < 1.29 is 13.9 Å². The molecule has 3 aromatic carbocycles. The highest BCUT2D eigenvalue weighted by Crippen LogP contribution is 2.39. The van der Waals surface area contributed by atoms with Crippen LogP contribution < -0.4 is 10.7 Å². The molecule has 6 heteroatoms. The average Bonchev–Trinajstić information content (AvgIpc) is 3.22. The van der Waals surface area contributed by atoms with Crippen LogP contribution in [0.15, 0.2) is 82.5 Å². The molecule has 4 nitrogen and oxygen atoms in total. The molecule has 0 saturated carbocycles. The van der Waals surface area contributed by atoms with E-state index < -0.39 is 11.6 Å². The van der Waals surface area contributed by atoms with Crippen molar-refractivity contribution in [2.45, 2.75) is 0 Å². The van der Waals surface area contributed by atoms with Crippen LogP contribution in [0.1, 0.15) is 11.1 Å². The molecule has 1 aliphatic rings. The van der Waals surface area contributed by atoms with Gasteiger partial charge in [-0.3, -0.25) is 0 Å². The number of rotatable bonds is 2. The number of aromatic nitrogens is 1. The molecule has 1 aromatic heterocycles. The Morgan fingerprint density at radius 3 is 2.11 bits per heavy atom. The first-order valence-electron chi connectivity index (χ1n) is 8.63. The summed E-state index contributed by atoms with van der Waals surface area (Å²) < 4.78 is 28.0. The van der Waals surface area contributed by atoms with E-state index in [1.54, 1.807) is 0 Å². The SMILES string of the molecule is Oc1[nH]c2ccccc2c1C(=C1N=c2ccccc2=N1)c1cc(F)cc(F)c1. The van der Waals surface area contributed by atoms with Crippen molar-refractivity contribution in [1.82, 2.24) is 4.98 Å². The van der Waals surface area contributed by atoms with Crippen LogP contribution in [0, 0.1) is 11.6 Å². The molecule has 0 saturated heterocycles. The summed E-state index contributed by atoms with van der Waals surface area (Å²) in [5.41, 5.74) is 1.69. The van der Waals surface area contributed by atoms with E-state index in [4.69, 9.17) is 0 Å². The van der Waals surface area contributed by atoms with Gasteiger partial charge in [0.1, 0.15) is 11.6 Å². The number of halogens is 2. The molecule has 136 valence electrons. The molecule has 2 heterocycles. The molecule has 0 bridgehead atoms. The summed E-state index contributed by atoms with van der Waals surface area (Å²) >= 11 is 0. The van der Waals surface area contributed by atoms with Crippen molar-refractivity contribution in [3.63, 3.8) is 0 Å². The van der Waals surface area contributed by atoms with Crippen LogP contribution in [0.25, 0.3) is 16.5 Å². The normalized spacial score (nSPS) is 12.6. The lowest BCUT2D eigenvalue weighted by Gasteiger charge is -2.10. The first-order chi connectivity index (χ1) is 13.6. The van der Waals surface area contributed by atoms with Gasteiger partial charge in [0, 0.05) is 22.5 Å². The van der Waals surface area contributed by atoms with Crippen LogP contribution in [-0.4, -0.2) is 10.1 Å². The molecule has 0 spiro atoms. The van der Waals surface area contributed by atoms with E-state index in [1.807, 2.05) is 48.5 Å². The van der Waals surface area contributed by atoms with Gasteiger partial charge in [0.15, 0.2) is 11.7 Å². The summed E-state index contributed by atoms with van der Waals surface area (Å²) in [7, 11) is 0. The topological polar surface area (TPSA) is 60.7 Å². The summed E-state index contributed by atoms with van der Waals surface area (Å²) in [6.07, 6.45) is 0. The number of hydrogen-bond donors (Lipinski definition) is 2. The summed E-state index contributed by atoms with van der Waals surface area (Å²) in [5, 5.41) is 12.6. The zero-order valence-electron chi connectivity index (χ0n) is 14.4. The number of nitrogens with one attached hydrogen (secondary N) is 1. The van der Waals surface area contributed by atoms with Crippen LogP contribution in [0.3, 0.4) is 0 Å². The molecule has 0 aliphatic carbocycles. The lowest BCUT2D eigenvalue weighted by Crippen LogP contribution is -2.19. The molecule has 4 aromatic rings. The first kappa shape index (κ1) is 16.4. The minimum absolute atomic E-state index is 0.116. The highest BCUT2D eigenvalue weighted by atomic mass is 19.1. The minimum atomic E-state index is -0.719. The van der Waals surface area contributed by atoms with Crippen LogP contribution in [-0.2, 0) is 0 Å².